The molecule has 1 aromatic carbocycles. The molecule has 1 fully saturated rings. The Morgan fingerprint density at radius 2 is 2.19 bits per heavy atom. The first-order chi connectivity index (χ1) is 7.66. The first kappa shape index (κ1) is 12.1. The van der Waals surface area contributed by atoms with Gasteiger partial charge in [0.15, 0.2) is 0 Å². The summed E-state index contributed by atoms with van der Waals surface area (Å²) in [5, 5.41) is 3.57. The highest BCUT2D eigenvalue weighted by molar-refractivity contribution is 9.10. The molecule has 1 nitrogen and oxygen atoms in total. The predicted molar refractivity (Wildman–Crippen MR) is 72.7 cm³/mol. The van der Waals surface area contributed by atoms with Gasteiger partial charge in [0.05, 0.1) is 0 Å². The SMILES string of the molecule is CCNC(C)C1(Cc2cccc(Br)c2)CC1. The molecular formula is C14H20BrN. The van der Waals surface area contributed by atoms with Crippen LogP contribution < -0.4 is 5.32 Å². The van der Waals surface area contributed by atoms with Gasteiger partial charge in [0.25, 0.3) is 0 Å². The maximum absolute atomic E-state index is 3.57. The van der Waals surface area contributed by atoms with Gasteiger partial charge in [0, 0.05) is 10.5 Å². The third-order valence-electron chi connectivity index (χ3n) is 3.77. The van der Waals surface area contributed by atoms with Crippen molar-refractivity contribution >= 4 is 15.9 Å². The Hall–Kier alpha value is -0.340. The van der Waals surface area contributed by atoms with Crippen LogP contribution >= 0.6 is 15.9 Å². The molecule has 1 saturated carbocycles. The highest BCUT2D eigenvalue weighted by atomic mass is 79.9. The Bertz CT molecular complexity index is 358. The highest BCUT2D eigenvalue weighted by Crippen LogP contribution is 2.51. The van der Waals surface area contributed by atoms with Gasteiger partial charge in [0.2, 0.25) is 0 Å². The van der Waals surface area contributed by atoms with Gasteiger partial charge in [-0.15, -0.1) is 0 Å². The van der Waals surface area contributed by atoms with Gasteiger partial charge in [-0.1, -0.05) is 35.0 Å². The van der Waals surface area contributed by atoms with Crippen LogP contribution in [0.5, 0.6) is 0 Å². The van der Waals surface area contributed by atoms with E-state index >= 15 is 0 Å². The fourth-order valence-electron chi connectivity index (χ4n) is 2.50. The minimum atomic E-state index is 0.525. The Kier molecular flexibility index (Phi) is 3.70. The summed E-state index contributed by atoms with van der Waals surface area (Å²) in [7, 11) is 0. The van der Waals surface area contributed by atoms with Crippen LogP contribution in [0.3, 0.4) is 0 Å². The van der Waals surface area contributed by atoms with Gasteiger partial charge < -0.3 is 5.32 Å². The predicted octanol–water partition coefficient (Wildman–Crippen LogP) is 3.77. The maximum atomic E-state index is 3.57. The largest absolute Gasteiger partial charge is 0.314 e. The van der Waals surface area contributed by atoms with E-state index < -0.39 is 0 Å². The number of benzene rings is 1. The van der Waals surface area contributed by atoms with E-state index in [0.29, 0.717) is 11.5 Å². The molecule has 1 aliphatic rings. The molecule has 0 amide bonds. The molecule has 1 aliphatic carbocycles. The highest BCUT2D eigenvalue weighted by Gasteiger charge is 2.46. The third-order valence-corrected chi connectivity index (χ3v) is 4.26. The normalized spacial score (nSPS) is 19.4. The fourth-order valence-corrected chi connectivity index (χ4v) is 2.95. The molecule has 1 atom stereocenters. The third kappa shape index (κ3) is 2.67. The summed E-state index contributed by atoms with van der Waals surface area (Å²) >= 11 is 3.54. The molecule has 2 heteroatoms. The molecule has 0 radical (unpaired) electrons. The van der Waals surface area contributed by atoms with Gasteiger partial charge in [-0.2, -0.15) is 0 Å². The van der Waals surface area contributed by atoms with Gasteiger partial charge in [-0.05, 0) is 55.8 Å². The Labute approximate surface area is 107 Å². The summed E-state index contributed by atoms with van der Waals surface area (Å²) in [6, 6.07) is 9.35. The van der Waals surface area contributed by atoms with Crippen LogP contribution in [0.4, 0.5) is 0 Å². The van der Waals surface area contributed by atoms with Crippen molar-refractivity contribution in [3.05, 3.63) is 34.3 Å². The summed E-state index contributed by atoms with van der Waals surface area (Å²) in [6.07, 6.45) is 3.95. The van der Waals surface area contributed by atoms with E-state index in [1.807, 2.05) is 0 Å². The zero-order valence-corrected chi connectivity index (χ0v) is 11.7. The molecule has 2 rings (SSSR count). The number of hydrogen-bond acceptors (Lipinski definition) is 1. The van der Waals surface area contributed by atoms with Crippen molar-refractivity contribution in [3.8, 4) is 0 Å². The van der Waals surface area contributed by atoms with Crippen molar-refractivity contribution in [1.82, 2.24) is 5.32 Å². The van der Waals surface area contributed by atoms with E-state index in [0.717, 1.165) is 6.54 Å². The van der Waals surface area contributed by atoms with Crippen LogP contribution in [0, 0.1) is 5.41 Å². The van der Waals surface area contributed by atoms with E-state index in [1.165, 1.54) is 29.3 Å². The maximum Gasteiger partial charge on any atom is 0.0177 e. The summed E-state index contributed by atoms with van der Waals surface area (Å²) in [5.41, 5.74) is 1.98. The minimum absolute atomic E-state index is 0.525. The average Bonchev–Trinajstić information content (AvgIpc) is 2.99. The van der Waals surface area contributed by atoms with E-state index in [-0.39, 0.29) is 0 Å². The second-order valence-electron chi connectivity index (χ2n) is 4.95. The van der Waals surface area contributed by atoms with Crippen LogP contribution in [0.25, 0.3) is 0 Å². The smallest absolute Gasteiger partial charge is 0.0177 e. The molecule has 88 valence electrons. The number of hydrogen-bond donors (Lipinski definition) is 1. The zero-order chi connectivity index (χ0) is 11.6. The van der Waals surface area contributed by atoms with Crippen molar-refractivity contribution < 1.29 is 0 Å². The average molecular weight is 282 g/mol. The van der Waals surface area contributed by atoms with E-state index in [2.05, 4.69) is 59.4 Å². The molecule has 1 aromatic rings. The van der Waals surface area contributed by atoms with Crippen LogP contribution in [-0.4, -0.2) is 12.6 Å². The molecule has 0 heterocycles. The lowest BCUT2D eigenvalue weighted by Crippen LogP contribution is -2.35. The summed E-state index contributed by atoms with van der Waals surface area (Å²) in [4.78, 5) is 0. The molecule has 0 aliphatic heterocycles. The van der Waals surface area contributed by atoms with Crippen molar-refractivity contribution in [2.24, 2.45) is 5.41 Å². The fraction of sp³-hybridized carbons (Fsp3) is 0.571. The lowest BCUT2D eigenvalue weighted by atomic mass is 9.90. The number of rotatable bonds is 5. The monoisotopic (exact) mass is 281 g/mol. The minimum Gasteiger partial charge on any atom is -0.314 e. The molecule has 0 saturated heterocycles. The second kappa shape index (κ2) is 4.89. The van der Waals surface area contributed by atoms with Crippen molar-refractivity contribution in [3.63, 3.8) is 0 Å². The summed E-state index contributed by atoms with van der Waals surface area (Å²) < 4.78 is 1.19. The van der Waals surface area contributed by atoms with Gasteiger partial charge in [0.1, 0.15) is 0 Å². The standard InChI is InChI=1S/C14H20BrN/c1-3-16-11(2)14(7-8-14)10-12-5-4-6-13(15)9-12/h4-6,9,11,16H,3,7-8,10H2,1-2H3. The molecule has 0 bridgehead atoms. The number of nitrogens with one attached hydrogen (secondary N) is 1. The Morgan fingerprint density at radius 3 is 2.75 bits per heavy atom. The Morgan fingerprint density at radius 1 is 1.44 bits per heavy atom. The van der Waals surface area contributed by atoms with Crippen molar-refractivity contribution in [2.45, 2.75) is 39.2 Å². The van der Waals surface area contributed by atoms with Gasteiger partial charge in [-0.25, -0.2) is 0 Å². The van der Waals surface area contributed by atoms with Crippen molar-refractivity contribution in [1.29, 1.82) is 0 Å². The molecular weight excluding hydrogens is 262 g/mol. The van der Waals surface area contributed by atoms with Crippen LogP contribution in [0.1, 0.15) is 32.3 Å². The first-order valence-corrected chi connectivity index (χ1v) is 6.93. The zero-order valence-electron chi connectivity index (χ0n) is 10.1. The molecule has 0 spiro atoms. The van der Waals surface area contributed by atoms with Gasteiger partial charge in [-0.3, -0.25) is 0 Å². The van der Waals surface area contributed by atoms with E-state index in [1.54, 1.807) is 0 Å². The molecule has 16 heavy (non-hydrogen) atoms. The summed E-state index contributed by atoms with van der Waals surface area (Å²) in [6.45, 7) is 5.58. The molecule has 1 unspecified atom stereocenters. The van der Waals surface area contributed by atoms with E-state index in [4.69, 9.17) is 0 Å². The molecule has 0 aromatic heterocycles. The van der Waals surface area contributed by atoms with Crippen LogP contribution in [-0.2, 0) is 6.42 Å². The number of halogens is 1. The quantitative estimate of drug-likeness (QED) is 0.867. The molecule has 1 N–H and O–H groups in total. The second-order valence-corrected chi connectivity index (χ2v) is 5.86. The lowest BCUT2D eigenvalue weighted by molar-refractivity contribution is 0.355. The first-order valence-electron chi connectivity index (χ1n) is 6.14. The Balaban J connectivity index is 2.04. The summed E-state index contributed by atoms with van der Waals surface area (Å²) in [5.74, 6) is 0. The van der Waals surface area contributed by atoms with Gasteiger partial charge >= 0.3 is 0 Å². The van der Waals surface area contributed by atoms with Crippen LogP contribution in [0.15, 0.2) is 28.7 Å². The van der Waals surface area contributed by atoms with E-state index in [9.17, 15) is 0 Å². The van der Waals surface area contributed by atoms with Crippen molar-refractivity contribution in [2.75, 3.05) is 6.54 Å². The van der Waals surface area contributed by atoms with Crippen LogP contribution in [0.2, 0.25) is 0 Å². The topological polar surface area (TPSA) is 12.0 Å². The lowest BCUT2D eigenvalue weighted by Gasteiger charge is -2.24.